The van der Waals surface area contributed by atoms with E-state index < -0.39 is 5.54 Å². The molecule has 1 heterocycles. The summed E-state index contributed by atoms with van der Waals surface area (Å²) in [5.41, 5.74) is 2.30. The van der Waals surface area contributed by atoms with E-state index in [-0.39, 0.29) is 30.7 Å². The van der Waals surface area contributed by atoms with Crippen LogP contribution in [0.2, 0.25) is 0 Å². The summed E-state index contributed by atoms with van der Waals surface area (Å²) in [6.45, 7) is 3.87. The van der Waals surface area contributed by atoms with Crippen LogP contribution in [0.5, 0.6) is 0 Å². The molecule has 1 aromatic rings. The maximum absolute atomic E-state index is 13.8. The minimum Gasteiger partial charge on any atom is -0.427 e. The molecule has 1 amide bonds. The quantitative estimate of drug-likeness (QED) is 0.486. The summed E-state index contributed by atoms with van der Waals surface area (Å²) >= 11 is 0. The number of nitrogens with zero attached hydrogens (tertiary/aromatic N) is 1. The summed E-state index contributed by atoms with van der Waals surface area (Å²) < 4.78 is 16.7. The van der Waals surface area contributed by atoms with Gasteiger partial charge in [0.25, 0.3) is 5.91 Å². The van der Waals surface area contributed by atoms with E-state index in [1.165, 1.54) is 12.2 Å². The lowest BCUT2D eigenvalue weighted by atomic mass is 9.78. The van der Waals surface area contributed by atoms with Crippen LogP contribution in [0.1, 0.15) is 55.2 Å². The third-order valence-corrected chi connectivity index (χ3v) is 6.67. The van der Waals surface area contributed by atoms with Crippen molar-refractivity contribution in [1.29, 1.82) is 0 Å². The maximum atomic E-state index is 13.8. The average molecular weight is 430 g/mol. The third kappa shape index (κ3) is 3.90. The first-order valence-corrected chi connectivity index (χ1v) is 10.9. The van der Waals surface area contributed by atoms with Gasteiger partial charge < -0.3 is 14.2 Å². The summed E-state index contributed by atoms with van der Waals surface area (Å²) in [4.78, 5) is 32.4. The lowest BCUT2D eigenvalue weighted by Gasteiger charge is -2.42. The molecular weight excluding hydrogens is 398 g/mol. The minimum absolute atomic E-state index is 0.0644. The molecule has 7 heteroatoms. The van der Waals surface area contributed by atoms with Crippen LogP contribution in [0.15, 0.2) is 24.0 Å². The Morgan fingerprint density at radius 2 is 1.74 bits per heavy atom. The van der Waals surface area contributed by atoms with Gasteiger partial charge in [-0.15, -0.1) is 0 Å². The number of amides is 1. The Kier molecular flexibility index (Phi) is 6.19. The summed E-state index contributed by atoms with van der Waals surface area (Å²) in [5, 5.41) is 1.40. The highest BCUT2D eigenvalue weighted by atomic mass is 16.8. The highest BCUT2D eigenvalue weighted by Gasteiger charge is 2.57. The van der Waals surface area contributed by atoms with E-state index in [0.717, 1.165) is 42.4 Å². The maximum Gasteiger partial charge on any atom is 0.314 e. The van der Waals surface area contributed by atoms with Gasteiger partial charge in [0.05, 0.1) is 17.6 Å². The molecule has 0 unspecified atom stereocenters. The van der Waals surface area contributed by atoms with Crippen LogP contribution in [0.3, 0.4) is 0 Å². The normalized spacial score (nSPS) is 26.1. The number of hydrogen-bond acceptors (Lipinski definition) is 6. The molecule has 1 aliphatic heterocycles. The number of esters is 1. The highest BCUT2D eigenvalue weighted by Crippen LogP contribution is 2.51. The summed E-state index contributed by atoms with van der Waals surface area (Å²) in [6, 6.07) is 5.90. The average Bonchev–Trinajstić information content (AvgIpc) is 3.58. The Labute approximate surface area is 183 Å². The van der Waals surface area contributed by atoms with Gasteiger partial charge in [-0.1, -0.05) is 18.2 Å². The monoisotopic (exact) mass is 429 g/mol. The molecule has 0 bridgehead atoms. The lowest BCUT2D eigenvalue weighted by molar-refractivity contribution is -0.251. The number of carbonyl (C=O) groups excluding carboxylic acids is 2. The topological polar surface area (TPSA) is 74.3 Å². The van der Waals surface area contributed by atoms with Gasteiger partial charge in [-0.3, -0.25) is 9.59 Å². The molecule has 1 spiro atoms. The molecule has 0 aromatic heterocycles. The molecule has 0 saturated heterocycles. The molecule has 31 heavy (non-hydrogen) atoms. The molecule has 0 atom stereocenters. The predicted octanol–water partition coefficient (Wildman–Crippen LogP) is 3.67. The molecule has 168 valence electrons. The zero-order chi connectivity index (χ0) is 22.2. The van der Waals surface area contributed by atoms with Crippen molar-refractivity contribution in [2.45, 2.75) is 64.0 Å². The van der Waals surface area contributed by atoms with Crippen LogP contribution < -0.4 is 0 Å². The van der Waals surface area contributed by atoms with Gasteiger partial charge in [0, 0.05) is 14.2 Å². The molecule has 4 rings (SSSR count). The van der Waals surface area contributed by atoms with Crippen molar-refractivity contribution < 1.29 is 28.6 Å². The van der Waals surface area contributed by atoms with Gasteiger partial charge in [0.1, 0.15) is 11.3 Å². The molecule has 0 radical (unpaired) electrons. The Morgan fingerprint density at radius 1 is 1.10 bits per heavy atom. The van der Waals surface area contributed by atoms with Gasteiger partial charge in [-0.25, -0.2) is 9.90 Å². The van der Waals surface area contributed by atoms with Crippen molar-refractivity contribution in [3.8, 4) is 0 Å². The van der Waals surface area contributed by atoms with Crippen LogP contribution in [0.4, 0.5) is 0 Å². The first kappa shape index (κ1) is 22.0. The Balaban J connectivity index is 1.86. The lowest BCUT2D eigenvalue weighted by Crippen LogP contribution is -2.52. The van der Waals surface area contributed by atoms with Crippen LogP contribution >= 0.6 is 0 Å². The van der Waals surface area contributed by atoms with E-state index in [4.69, 9.17) is 19.0 Å². The zero-order valence-corrected chi connectivity index (χ0v) is 18.7. The molecule has 2 saturated carbocycles. The number of hydrogen-bond donors (Lipinski definition) is 0. The number of methoxy groups -OCH3 is 2. The highest BCUT2D eigenvalue weighted by molar-refractivity contribution is 6.23. The van der Waals surface area contributed by atoms with E-state index in [0.29, 0.717) is 24.2 Å². The minimum atomic E-state index is -0.848. The van der Waals surface area contributed by atoms with Gasteiger partial charge >= 0.3 is 5.97 Å². The van der Waals surface area contributed by atoms with Crippen molar-refractivity contribution in [3.05, 3.63) is 40.6 Å². The zero-order valence-electron chi connectivity index (χ0n) is 18.7. The first-order chi connectivity index (χ1) is 14.9. The number of carbonyl (C=O) groups is 2. The van der Waals surface area contributed by atoms with Crippen LogP contribution in [-0.4, -0.2) is 49.6 Å². The van der Waals surface area contributed by atoms with Crippen LogP contribution in [0.25, 0.3) is 5.57 Å². The van der Waals surface area contributed by atoms with Crippen molar-refractivity contribution in [1.82, 2.24) is 5.06 Å². The molecule has 2 aliphatic carbocycles. The number of rotatable bonds is 7. The van der Waals surface area contributed by atoms with E-state index in [2.05, 4.69) is 0 Å². The van der Waals surface area contributed by atoms with Crippen LogP contribution in [0, 0.1) is 19.8 Å². The smallest absolute Gasteiger partial charge is 0.314 e. The molecule has 7 nitrogen and oxygen atoms in total. The van der Waals surface area contributed by atoms with Crippen LogP contribution in [-0.2, 0) is 28.6 Å². The SMILES string of the molecule is COCON1C(=O)C(c2c(C)cccc2C)=C(OC(=O)C2CC2)C12CCC(OC)CC2. The number of hydroxylamine groups is 2. The van der Waals surface area contributed by atoms with Gasteiger partial charge in [0.15, 0.2) is 6.79 Å². The van der Waals surface area contributed by atoms with E-state index in [9.17, 15) is 9.59 Å². The molecule has 2 fully saturated rings. The molecule has 0 N–H and O–H groups in total. The van der Waals surface area contributed by atoms with Gasteiger partial charge in [-0.2, -0.15) is 0 Å². The van der Waals surface area contributed by atoms with Crippen molar-refractivity contribution in [3.63, 3.8) is 0 Å². The largest absolute Gasteiger partial charge is 0.427 e. The third-order valence-electron chi connectivity index (χ3n) is 6.67. The van der Waals surface area contributed by atoms with E-state index in [1.807, 2.05) is 32.0 Å². The Bertz CT molecular complexity index is 875. The summed E-state index contributed by atoms with van der Waals surface area (Å²) in [7, 11) is 3.22. The molecule has 3 aliphatic rings. The second-order valence-electron chi connectivity index (χ2n) is 8.77. The number of aryl methyl sites for hydroxylation is 2. The molecular formula is C24H31NO6. The van der Waals surface area contributed by atoms with Crippen molar-refractivity contribution in [2.24, 2.45) is 5.92 Å². The van der Waals surface area contributed by atoms with Gasteiger partial charge in [-0.05, 0) is 69.1 Å². The van der Waals surface area contributed by atoms with E-state index >= 15 is 0 Å². The Morgan fingerprint density at radius 3 is 2.29 bits per heavy atom. The first-order valence-electron chi connectivity index (χ1n) is 10.9. The van der Waals surface area contributed by atoms with E-state index in [1.54, 1.807) is 7.11 Å². The fourth-order valence-electron chi connectivity index (χ4n) is 4.82. The summed E-state index contributed by atoms with van der Waals surface area (Å²) in [5.74, 6) is -0.196. The van der Waals surface area contributed by atoms with Gasteiger partial charge in [0.2, 0.25) is 0 Å². The molecule has 1 aromatic carbocycles. The number of benzene rings is 1. The summed E-state index contributed by atoms with van der Waals surface area (Å²) in [6.07, 6.45) is 4.42. The fraction of sp³-hybridized carbons (Fsp3) is 0.583. The second-order valence-corrected chi connectivity index (χ2v) is 8.77. The number of ether oxygens (including phenoxy) is 3. The second kappa shape index (κ2) is 8.73. The Hall–Kier alpha value is -2.22. The van der Waals surface area contributed by atoms with Crippen molar-refractivity contribution in [2.75, 3.05) is 21.0 Å². The fourth-order valence-corrected chi connectivity index (χ4v) is 4.82. The predicted molar refractivity (Wildman–Crippen MR) is 113 cm³/mol. The van der Waals surface area contributed by atoms with Crippen molar-refractivity contribution >= 4 is 17.4 Å². The standard InChI is InChI=1S/C24H31NO6/c1-15-6-5-7-16(2)19(15)20-21(31-23(27)17-8-9-17)24(12-10-18(29-4)11-13-24)25(22(20)26)30-14-28-3/h5-7,17-18H,8-14H2,1-4H3.